The van der Waals surface area contributed by atoms with Crippen LogP contribution in [-0.4, -0.2) is 22.5 Å². The van der Waals surface area contributed by atoms with E-state index in [0.717, 1.165) is 11.3 Å². The average Bonchev–Trinajstić information content (AvgIpc) is 2.79. The van der Waals surface area contributed by atoms with E-state index in [0.29, 0.717) is 12.4 Å². The number of hydrogen-bond acceptors (Lipinski definition) is 3. The third-order valence-corrected chi connectivity index (χ3v) is 2.33. The van der Waals surface area contributed by atoms with E-state index in [4.69, 9.17) is 4.74 Å². The molecule has 0 saturated carbocycles. The molecule has 1 N–H and O–H groups in total. The van der Waals surface area contributed by atoms with Crippen molar-refractivity contribution in [2.45, 2.75) is 13.3 Å². The van der Waals surface area contributed by atoms with Gasteiger partial charge in [0.25, 0.3) is 0 Å². The first-order valence-corrected chi connectivity index (χ1v) is 5.54. The highest BCUT2D eigenvalue weighted by Gasteiger charge is 2.08. The molecule has 0 fully saturated rings. The van der Waals surface area contributed by atoms with Gasteiger partial charge in [0.15, 0.2) is 0 Å². The topological polar surface area (TPSA) is 55.0 Å². The molecule has 4 nitrogen and oxygen atoms in total. The maximum Gasteiger partial charge on any atom is 0.313 e. The normalized spacial score (nSPS) is 10.2. The fourth-order valence-electron chi connectivity index (χ4n) is 1.57. The molecule has 0 aliphatic rings. The van der Waals surface area contributed by atoms with E-state index in [1.807, 2.05) is 30.3 Å². The van der Waals surface area contributed by atoms with Gasteiger partial charge in [0, 0.05) is 0 Å². The summed E-state index contributed by atoms with van der Waals surface area (Å²) in [5.74, 6) is 0.365. The Labute approximate surface area is 99.7 Å². The standard InChI is InChI=1S/C13H14N2O2/c1-2-17-13(16)8-12-14-9-11(15-12)10-6-4-3-5-7-10/h3-7,9H,2,8H2,1H3,(H,14,15). The smallest absolute Gasteiger partial charge is 0.313 e. The maximum atomic E-state index is 11.3. The molecule has 1 aromatic carbocycles. The van der Waals surface area contributed by atoms with Crippen molar-refractivity contribution in [1.29, 1.82) is 0 Å². The number of esters is 1. The van der Waals surface area contributed by atoms with Crippen LogP contribution in [-0.2, 0) is 16.0 Å². The highest BCUT2D eigenvalue weighted by atomic mass is 16.5. The summed E-state index contributed by atoms with van der Waals surface area (Å²) in [6.45, 7) is 2.18. The third kappa shape index (κ3) is 2.93. The van der Waals surface area contributed by atoms with Crippen LogP contribution in [0.2, 0.25) is 0 Å². The summed E-state index contributed by atoms with van der Waals surface area (Å²) < 4.78 is 4.86. The molecule has 4 heteroatoms. The number of hydrogen-bond donors (Lipinski definition) is 1. The number of carbonyl (C=O) groups excluding carboxylic acids is 1. The van der Waals surface area contributed by atoms with Crippen LogP contribution in [0.15, 0.2) is 36.5 Å². The van der Waals surface area contributed by atoms with Crippen LogP contribution in [0.4, 0.5) is 0 Å². The number of nitrogens with zero attached hydrogens (tertiary/aromatic N) is 1. The van der Waals surface area contributed by atoms with Gasteiger partial charge in [-0.25, -0.2) is 4.98 Å². The van der Waals surface area contributed by atoms with Gasteiger partial charge in [0.1, 0.15) is 12.2 Å². The van der Waals surface area contributed by atoms with Crippen molar-refractivity contribution >= 4 is 5.97 Å². The molecular weight excluding hydrogens is 216 g/mol. The Balaban J connectivity index is 2.09. The molecule has 0 unspecified atom stereocenters. The first-order valence-electron chi connectivity index (χ1n) is 5.54. The van der Waals surface area contributed by atoms with Crippen LogP contribution < -0.4 is 0 Å². The summed E-state index contributed by atoms with van der Waals surface area (Å²) in [4.78, 5) is 18.5. The van der Waals surface area contributed by atoms with Crippen molar-refractivity contribution < 1.29 is 9.53 Å². The molecule has 0 bridgehead atoms. The number of carbonyl (C=O) groups is 1. The van der Waals surface area contributed by atoms with E-state index in [2.05, 4.69) is 9.97 Å². The van der Waals surface area contributed by atoms with Gasteiger partial charge in [0.2, 0.25) is 0 Å². The van der Waals surface area contributed by atoms with Crippen molar-refractivity contribution in [3.05, 3.63) is 42.4 Å². The monoisotopic (exact) mass is 230 g/mol. The molecule has 2 rings (SSSR count). The highest BCUT2D eigenvalue weighted by molar-refractivity contribution is 5.72. The highest BCUT2D eigenvalue weighted by Crippen LogP contribution is 2.16. The van der Waals surface area contributed by atoms with E-state index in [9.17, 15) is 4.79 Å². The number of H-pyrrole nitrogens is 1. The molecule has 1 aromatic heterocycles. The van der Waals surface area contributed by atoms with E-state index in [1.165, 1.54) is 0 Å². The predicted molar refractivity (Wildman–Crippen MR) is 64.4 cm³/mol. The summed E-state index contributed by atoms with van der Waals surface area (Å²) in [7, 11) is 0. The first kappa shape index (κ1) is 11.4. The van der Waals surface area contributed by atoms with Gasteiger partial charge in [-0.05, 0) is 12.5 Å². The number of nitrogens with one attached hydrogen (secondary N) is 1. The minimum absolute atomic E-state index is 0.181. The number of rotatable bonds is 4. The Kier molecular flexibility index (Phi) is 3.55. The SMILES string of the molecule is CCOC(=O)Cc1ncc(-c2ccccc2)[nH]1. The van der Waals surface area contributed by atoms with Crippen molar-refractivity contribution in [2.75, 3.05) is 6.61 Å². The minimum atomic E-state index is -0.263. The lowest BCUT2D eigenvalue weighted by molar-refractivity contribution is -0.142. The fraction of sp³-hybridized carbons (Fsp3) is 0.231. The average molecular weight is 230 g/mol. The first-order chi connectivity index (χ1) is 8.29. The summed E-state index contributed by atoms with van der Waals surface area (Å²) in [6, 6.07) is 9.85. The van der Waals surface area contributed by atoms with Gasteiger partial charge in [0.05, 0.1) is 18.5 Å². The van der Waals surface area contributed by atoms with Gasteiger partial charge in [-0.2, -0.15) is 0 Å². The number of aromatic nitrogens is 2. The zero-order chi connectivity index (χ0) is 12.1. The molecule has 0 radical (unpaired) electrons. The summed E-state index contributed by atoms with van der Waals surface area (Å²) in [5.41, 5.74) is 1.96. The number of imidazole rings is 1. The molecule has 0 amide bonds. The van der Waals surface area contributed by atoms with Crippen LogP contribution in [0.1, 0.15) is 12.7 Å². The lowest BCUT2D eigenvalue weighted by atomic mass is 10.2. The number of aromatic amines is 1. The van der Waals surface area contributed by atoms with Gasteiger partial charge >= 0.3 is 5.97 Å². The van der Waals surface area contributed by atoms with E-state index >= 15 is 0 Å². The third-order valence-electron chi connectivity index (χ3n) is 2.33. The number of benzene rings is 1. The zero-order valence-corrected chi connectivity index (χ0v) is 9.64. The molecule has 0 aliphatic carbocycles. The van der Waals surface area contributed by atoms with Gasteiger partial charge in [-0.1, -0.05) is 30.3 Å². The summed E-state index contributed by atoms with van der Waals surface area (Å²) in [6.07, 6.45) is 1.91. The Bertz CT molecular complexity index is 491. The molecular formula is C13H14N2O2. The number of ether oxygens (including phenoxy) is 1. The maximum absolute atomic E-state index is 11.3. The Morgan fingerprint density at radius 1 is 1.35 bits per heavy atom. The summed E-state index contributed by atoms with van der Waals surface area (Å²) >= 11 is 0. The van der Waals surface area contributed by atoms with Crippen LogP contribution >= 0.6 is 0 Å². The largest absolute Gasteiger partial charge is 0.466 e. The van der Waals surface area contributed by atoms with Crippen LogP contribution in [0.25, 0.3) is 11.3 Å². The van der Waals surface area contributed by atoms with Crippen molar-refractivity contribution in [3.8, 4) is 11.3 Å². The van der Waals surface area contributed by atoms with Crippen LogP contribution in [0.5, 0.6) is 0 Å². The summed E-state index contributed by atoms with van der Waals surface area (Å²) in [5, 5.41) is 0. The lowest BCUT2D eigenvalue weighted by Crippen LogP contribution is -2.08. The Morgan fingerprint density at radius 3 is 2.82 bits per heavy atom. The van der Waals surface area contributed by atoms with Crippen molar-refractivity contribution in [3.63, 3.8) is 0 Å². The van der Waals surface area contributed by atoms with E-state index < -0.39 is 0 Å². The van der Waals surface area contributed by atoms with Crippen molar-refractivity contribution in [1.82, 2.24) is 9.97 Å². The molecule has 0 spiro atoms. The molecule has 0 saturated heterocycles. The Hall–Kier alpha value is -2.10. The molecule has 17 heavy (non-hydrogen) atoms. The molecule has 0 aliphatic heterocycles. The molecule has 2 aromatic rings. The molecule has 1 heterocycles. The van der Waals surface area contributed by atoms with Crippen LogP contribution in [0, 0.1) is 0 Å². The predicted octanol–water partition coefficient (Wildman–Crippen LogP) is 2.18. The fourth-order valence-corrected chi connectivity index (χ4v) is 1.57. The Morgan fingerprint density at radius 2 is 2.12 bits per heavy atom. The van der Waals surface area contributed by atoms with Crippen molar-refractivity contribution in [2.24, 2.45) is 0 Å². The minimum Gasteiger partial charge on any atom is -0.466 e. The molecule has 0 atom stereocenters. The van der Waals surface area contributed by atoms with E-state index in [-0.39, 0.29) is 12.4 Å². The van der Waals surface area contributed by atoms with Crippen LogP contribution in [0.3, 0.4) is 0 Å². The second-order valence-electron chi connectivity index (χ2n) is 3.59. The quantitative estimate of drug-likeness (QED) is 0.819. The van der Waals surface area contributed by atoms with Gasteiger partial charge < -0.3 is 9.72 Å². The van der Waals surface area contributed by atoms with Gasteiger partial charge in [-0.3, -0.25) is 4.79 Å². The second-order valence-corrected chi connectivity index (χ2v) is 3.59. The van der Waals surface area contributed by atoms with Gasteiger partial charge in [-0.15, -0.1) is 0 Å². The van der Waals surface area contributed by atoms with E-state index in [1.54, 1.807) is 13.1 Å². The lowest BCUT2D eigenvalue weighted by Gasteiger charge is -1.99. The second kappa shape index (κ2) is 5.30. The molecule has 88 valence electrons. The zero-order valence-electron chi connectivity index (χ0n) is 9.64.